The Labute approximate surface area is 87.2 Å². The van der Waals surface area contributed by atoms with Crippen molar-refractivity contribution in [3.05, 3.63) is 27.9 Å². The first kappa shape index (κ1) is 9.89. The van der Waals surface area contributed by atoms with Gasteiger partial charge in [0.2, 0.25) is 5.78 Å². The van der Waals surface area contributed by atoms with Crippen LogP contribution in [0.5, 0.6) is 0 Å². The minimum atomic E-state index is -0.144. The molecule has 2 aromatic rings. The minimum Gasteiger partial charge on any atom is -0.327 e. The van der Waals surface area contributed by atoms with Crippen molar-refractivity contribution >= 4 is 5.78 Å². The van der Waals surface area contributed by atoms with E-state index in [0.29, 0.717) is 11.6 Å². The van der Waals surface area contributed by atoms with E-state index < -0.39 is 0 Å². The van der Waals surface area contributed by atoms with Crippen LogP contribution < -0.4 is 5.56 Å². The third kappa shape index (κ3) is 1.65. The predicted molar refractivity (Wildman–Crippen MR) is 57.0 cm³/mol. The number of nitrogens with zero attached hydrogens (tertiary/aromatic N) is 3. The van der Waals surface area contributed by atoms with Gasteiger partial charge in [-0.2, -0.15) is 9.50 Å². The molecule has 0 saturated heterocycles. The molecule has 2 aromatic heterocycles. The van der Waals surface area contributed by atoms with Gasteiger partial charge in [-0.1, -0.05) is 20.8 Å². The van der Waals surface area contributed by atoms with E-state index in [1.54, 1.807) is 13.0 Å². The fourth-order valence-corrected chi connectivity index (χ4v) is 1.39. The van der Waals surface area contributed by atoms with Crippen LogP contribution in [0.2, 0.25) is 0 Å². The smallest absolute Gasteiger partial charge is 0.275 e. The first-order valence-corrected chi connectivity index (χ1v) is 4.85. The molecular weight excluding hydrogens is 192 g/mol. The molecule has 2 rings (SSSR count). The molecule has 0 bridgehead atoms. The molecule has 0 radical (unpaired) electrons. The quantitative estimate of drug-likeness (QED) is 0.700. The largest absolute Gasteiger partial charge is 0.327 e. The first-order chi connectivity index (χ1) is 6.88. The van der Waals surface area contributed by atoms with Gasteiger partial charge in [0.25, 0.3) is 5.56 Å². The Morgan fingerprint density at radius 1 is 1.40 bits per heavy atom. The van der Waals surface area contributed by atoms with Crippen LogP contribution in [-0.2, 0) is 5.41 Å². The van der Waals surface area contributed by atoms with Gasteiger partial charge < -0.3 is 4.98 Å². The summed E-state index contributed by atoms with van der Waals surface area (Å²) in [6.07, 6.45) is 0. The molecule has 15 heavy (non-hydrogen) atoms. The number of aryl methyl sites for hydroxylation is 1. The average Bonchev–Trinajstić information content (AvgIpc) is 2.44. The number of nitrogens with one attached hydrogen (secondary N) is 1. The zero-order valence-electron chi connectivity index (χ0n) is 9.33. The fraction of sp³-hybridized carbons (Fsp3) is 0.500. The summed E-state index contributed by atoms with van der Waals surface area (Å²) in [7, 11) is 0. The summed E-state index contributed by atoms with van der Waals surface area (Å²) in [5.74, 6) is 1.10. The molecule has 0 aliphatic rings. The summed E-state index contributed by atoms with van der Waals surface area (Å²) >= 11 is 0. The van der Waals surface area contributed by atoms with Gasteiger partial charge in [0.1, 0.15) is 5.82 Å². The lowest BCUT2D eigenvalue weighted by Crippen LogP contribution is -2.22. The maximum absolute atomic E-state index is 11.7. The highest BCUT2D eigenvalue weighted by atomic mass is 16.1. The highest BCUT2D eigenvalue weighted by Crippen LogP contribution is 2.18. The first-order valence-electron chi connectivity index (χ1n) is 4.85. The number of aromatic nitrogens is 4. The predicted octanol–water partition coefficient (Wildman–Crippen LogP) is 1.02. The Bertz CT molecular complexity index is 559. The second-order valence-corrected chi connectivity index (χ2v) is 4.67. The van der Waals surface area contributed by atoms with Crippen molar-refractivity contribution in [3.8, 4) is 0 Å². The number of aromatic amines is 1. The van der Waals surface area contributed by atoms with Crippen molar-refractivity contribution in [3.63, 3.8) is 0 Å². The topological polar surface area (TPSA) is 63.0 Å². The monoisotopic (exact) mass is 206 g/mol. The van der Waals surface area contributed by atoms with Crippen LogP contribution in [0, 0.1) is 6.92 Å². The average molecular weight is 206 g/mol. The van der Waals surface area contributed by atoms with Gasteiger partial charge >= 0.3 is 0 Å². The fourth-order valence-electron chi connectivity index (χ4n) is 1.39. The van der Waals surface area contributed by atoms with Gasteiger partial charge in [-0.3, -0.25) is 4.79 Å². The molecule has 0 fully saturated rings. The van der Waals surface area contributed by atoms with Crippen LogP contribution in [-0.4, -0.2) is 19.6 Å². The summed E-state index contributed by atoms with van der Waals surface area (Å²) in [5, 5.41) is 4.00. The Morgan fingerprint density at radius 2 is 2.07 bits per heavy atom. The normalized spacial score (nSPS) is 12.3. The van der Waals surface area contributed by atoms with Crippen LogP contribution in [0.3, 0.4) is 0 Å². The summed E-state index contributed by atoms with van der Waals surface area (Å²) in [6.45, 7) is 7.88. The van der Waals surface area contributed by atoms with Gasteiger partial charge in [0, 0.05) is 17.2 Å². The highest BCUT2D eigenvalue weighted by Gasteiger charge is 2.17. The molecule has 2 heterocycles. The van der Waals surface area contributed by atoms with Crippen LogP contribution in [0.25, 0.3) is 5.78 Å². The van der Waals surface area contributed by atoms with Crippen molar-refractivity contribution in [2.45, 2.75) is 33.1 Å². The van der Waals surface area contributed by atoms with E-state index in [-0.39, 0.29) is 11.0 Å². The Morgan fingerprint density at radius 3 is 2.67 bits per heavy atom. The second-order valence-electron chi connectivity index (χ2n) is 4.67. The van der Waals surface area contributed by atoms with Gasteiger partial charge in [-0.15, -0.1) is 5.10 Å². The lowest BCUT2D eigenvalue weighted by molar-refractivity contribution is 0.566. The van der Waals surface area contributed by atoms with Crippen LogP contribution in [0.4, 0.5) is 0 Å². The Hall–Kier alpha value is -1.65. The van der Waals surface area contributed by atoms with E-state index in [4.69, 9.17) is 0 Å². The molecule has 0 spiro atoms. The van der Waals surface area contributed by atoms with Crippen LogP contribution >= 0.6 is 0 Å². The molecule has 0 saturated carbocycles. The molecular formula is C10H14N4O. The molecule has 0 aromatic carbocycles. The number of fused-ring (bicyclic) bond motifs is 1. The van der Waals surface area contributed by atoms with E-state index in [1.165, 1.54) is 4.52 Å². The second kappa shape index (κ2) is 2.92. The van der Waals surface area contributed by atoms with Gasteiger partial charge in [-0.25, -0.2) is 0 Å². The Balaban J connectivity index is 2.78. The summed E-state index contributed by atoms with van der Waals surface area (Å²) in [6, 6.07) is 1.57. The van der Waals surface area contributed by atoms with Crippen LogP contribution in [0.15, 0.2) is 10.9 Å². The van der Waals surface area contributed by atoms with Crippen molar-refractivity contribution in [2.75, 3.05) is 0 Å². The van der Waals surface area contributed by atoms with Gasteiger partial charge in [0.05, 0.1) is 0 Å². The lowest BCUT2D eigenvalue weighted by Gasteiger charge is -2.17. The molecule has 0 aliphatic heterocycles. The van der Waals surface area contributed by atoms with E-state index in [0.717, 1.165) is 5.69 Å². The van der Waals surface area contributed by atoms with E-state index in [2.05, 4.69) is 15.1 Å². The number of rotatable bonds is 0. The molecule has 0 aliphatic carbocycles. The van der Waals surface area contributed by atoms with E-state index in [9.17, 15) is 4.79 Å². The number of H-pyrrole nitrogens is 1. The third-order valence-electron chi connectivity index (χ3n) is 2.24. The zero-order chi connectivity index (χ0) is 11.2. The molecule has 5 nitrogen and oxygen atoms in total. The summed E-state index contributed by atoms with van der Waals surface area (Å²) in [5.41, 5.74) is 0.627. The highest BCUT2D eigenvalue weighted by molar-refractivity contribution is 5.29. The maximum atomic E-state index is 11.7. The molecule has 0 unspecified atom stereocenters. The van der Waals surface area contributed by atoms with Gasteiger partial charge in [0.15, 0.2) is 0 Å². The van der Waals surface area contributed by atoms with Crippen molar-refractivity contribution in [1.29, 1.82) is 0 Å². The van der Waals surface area contributed by atoms with Crippen molar-refractivity contribution in [2.24, 2.45) is 0 Å². The SMILES string of the molecule is Cc1nc2[nH]c(C(C)(C)C)cc(=O)n2n1. The Kier molecular flexibility index (Phi) is 1.92. The molecule has 0 amide bonds. The molecule has 0 atom stereocenters. The maximum Gasteiger partial charge on any atom is 0.275 e. The van der Waals surface area contributed by atoms with Crippen LogP contribution in [0.1, 0.15) is 32.3 Å². The number of hydrogen-bond acceptors (Lipinski definition) is 3. The molecule has 80 valence electrons. The van der Waals surface area contributed by atoms with Crippen molar-refractivity contribution < 1.29 is 0 Å². The summed E-state index contributed by atoms with van der Waals surface area (Å²) in [4.78, 5) is 19.0. The molecule has 5 heteroatoms. The standard InChI is InChI=1S/C10H14N4O/c1-6-11-9-12-7(10(2,3)4)5-8(15)14(9)13-6/h5H,1-4H3,(H,11,12,13). The van der Waals surface area contributed by atoms with E-state index >= 15 is 0 Å². The van der Waals surface area contributed by atoms with Crippen molar-refractivity contribution in [1.82, 2.24) is 19.6 Å². The lowest BCUT2D eigenvalue weighted by atomic mass is 9.92. The zero-order valence-corrected chi connectivity index (χ0v) is 9.33. The van der Waals surface area contributed by atoms with E-state index in [1.807, 2.05) is 20.8 Å². The minimum absolute atomic E-state index is 0.0965. The third-order valence-corrected chi connectivity index (χ3v) is 2.24. The number of hydrogen-bond donors (Lipinski definition) is 1. The molecule has 1 N–H and O–H groups in total. The summed E-state index contributed by atoms with van der Waals surface area (Å²) < 4.78 is 1.28. The van der Waals surface area contributed by atoms with Gasteiger partial charge in [-0.05, 0) is 6.92 Å².